The van der Waals surface area contributed by atoms with Gasteiger partial charge in [-0.2, -0.15) is 0 Å². The van der Waals surface area contributed by atoms with Gasteiger partial charge in [-0.3, -0.25) is 0 Å². The van der Waals surface area contributed by atoms with Crippen molar-refractivity contribution in [2.24, 2.45) is 5.41 Å². The smallest absolute Gasteiger partial charge is 0.115 e. The summed E-state index contributed by atoms with van der Waals surface area (Å²) in [6, 6.07) is 0.121. The van der Waals surface area contributed by atoms with E-state index in [1.807, 2.05) is 19.3 Å². The Kier molecular flexibility index (Phi) is 5.69. The molecule has 0 spiro atoms. The van der Waals surface area contributed by atoms with Crippen molar-refractivity contribution in [1.29, 1.82) is 0 Å². The van der Waals surface area contributed by atoms with E-state index in [-0.39, 0.29) is 17.6 Å². The largest absolute Gasteiger partial charge is 0.376 e. The molecule has 1 N–H and O–H groups in total. The highest BCUT2D eigenvalue weighted by atomic mass is 16.5. The van der Waals surface area contributed by atoms with E-state index in [4.69, 9.17) is 4.74 Å². The lowest BCUT2D eigenvalue weighted by atomic mass is 9.82. The van der Waals surface area contributed by atoms with E-state index in [1.54, 1.807) is 6.33 Å². The van der Waals surface area contributed by atoms with Gasteiger partial charge in [-0.25, -0.2) is 9.97 Å². The molecule has 18 heavy (non-hydrogen) atoms. The Bertz CT molecular complexity index is 335. The summed E-state index contributed by atoms with van der Waals surface area (Å²) in [5, 5.41) is 3.49. The SMILES string of the molecule is CCNC(c1cncnc1)C(OCC)C(C)(C)C. The molecule has 0 aromatic carbocycles. The van der Waals surface area contributed by atoms with Crippen LogP contribution in [0, 0.1) is 5.41 Å². The number of hydrogen-bond donors (Lipinski definition) is 1. The number of aromatic nitrogens is 2. The van der Waals surface area contributed by atoms with Crippen molar-refractivity contribution in [3.63, 3.8) is 0 Å². The average molecular weight is 251 g/mol. The highest BCUT2D eigenvalue weighted by molar-refractivity contribution is 5.13. The van der Waals surface area contributed by atoms with Gasteiger partial charge < -0.3 is 10.1 Å². The molecular formula is C14H25N3O. The van der Waals surface area contributed by atoms with E-state index >= 15 is 0 Å². The highest BCUT2D eigenvalue weighted by Gasteiger charge is 2.33. The summed E-state index contributed by atoms with van der Waals surface area (Å²) in [7, 11) is 0. The molecule has 0 aliphatic heterocycles. The second kappa shape index (κ2) is 6.81. The summed E-state index contributed by atoms with van der Waals surface area (Å²) in [6.45, 7) is 12.3. The van der Waals surface area contributed by atoms with Gasteiger partial charge in [-0.05, 0) is 18.9 Å². The Morgan fingerprint density at radius 3 is 2.28 bits per heavy atom. The molecule has 0 aliphatic rings. The zero-order valence-electron chi connectivity index (χ0n) is 12.1. The Morgan fingerprint density at radius 1 is 1.22 bits per heavy atom. The number of rotatable bonds is 6. The maximum Gasteiger partial charge on any atom is 0.115 e. The first kappa shape index (κ1) is 15.1. The molecule has 2 atom stereocenters. The molecule has 0 saturated carbocycles. The number of hydrogen-bond acceptors (Lipinski definition) is 4. The quantitative estimate of drug-likeness (QED) is 0.844. The van der Waals surface area contributed by atoms with Gasteiger partial charge in [0, 0.05) is 24.6 Å². The molecule has 0 radical (unpaired) electrons. The van der Waals surface area contributed by atoms with Crippen LogP contribution in [0.25, 0.3) is 0 Å². The summed E-state index contributed by atoms with van der Waals surface area (Å²) in [5.41, 5.74) is 1.13. The molecule has 4 nitrogen and oxygen atoms in total. The van der Waals surface area contributed by atoms with Gasteiger partial charge in [0.2, 0.25) is 0 Å². The van der Waals surface area contributed by atoms with Crippen molar-refractivity contribution in [2.75, 3.05) is 13.2 Å². The fraction of sp³-hybridized carbons (Fsp3) is 0.714. The van der Waals surface area contributed by atoms with Gasteiger partial charge in [-0.15, -0.1) is 0 Å². The third kappa shape index (κ3) is 4.03. The fourth-order valence-corrected chi connectivity index (χ4v) is 2.12. The van der Waals surface area contributed by atoms with Gasteiger partial charge in [-0.1, -0.05) is 27.7 Å². The molecule has 102 valence electrons. The van der Waals surface area contributed by atoms with E-state index in [9.17, 15) is 0 Å². The first-order valence-electron chi connectivity index (χ1n) is 6.60. The Labute approximate surface area is 110 Å². The van der Waals surface area contributed by atoms with Crippen LogP contribution >= 0.6 is 0 Å². The molecule has 2 unspecified atom stereocenters. The van der Waals surface area contributed by atoms with Crippen molar-refractivity contribution < 1.29 is 4.74 Å². The average Bonchev–Trinajstić information content (AvgIpc) is 2.33. The monoisotopic (exact) mass is 251 g/mol. The van der Waals surface area contributed by atoms with Crippen molar-refractivity contribution in [1.82, 2.24) is 15.3 Å². The fourth-order valence-electron chi connectivity index (χ4n) is 2.12. The summed E-state index contributed by atoms with van der Waals surface area (Å²) in [6.07, 6.45) is 5.36. The van der Waals surface area contributed by atoms with Crippen LogP contribution in [0.5, 0.6) is 0 Å². The zero-order chi connectivity index (χ0) is 13.6. The molecule has 1 aromatic heterocycles. The maximum atomic E-state index is 5.96. The van der Waals surface area contributed by atoms with Crippen LogP contribution in [-0.4, -0.2) is 29.2 Å². The van der Waals surface area contributed by atoms with Gasteiger partial charge in [0.25, 0.3) is 0 Å². The Hall–Kier alpha value is -1.00. The van der Waals surface area contributed by atoms with Crippen molar-refractivity contribution in [2.45, 2.75) is 46.8 Å². The predicted molar refractivity (Wildman–Crippen MR) is 73.3 cm³/mol. The van der Waals surface area contributed by atoms with E-state index in [2.05, 4.69) is 43.0 Å². The van der Waals surface area contributed by atoms with E-state index in [0.717, 1.165) is 12.1 Å². The topological polar surface area (TPSA) is 47.0 Å². The molecule has 0 aliphatic carbocycles. The van der Waals surface area contributed by atoms with Gasteiger partial charge >= 0.3 is 0 Å². The maximum absolute atomic E-state index is 5.96. The zero-order valence-corrected chi connectivity index (χ0v) is 12.1. The standard InChI is InChI=1S/C14H25N3O/c1-6-17-12(11-8-15-10-16-9-11)13(18-7-2)14(3,4)5/h8-10,12-13,17H,6-7H2,1-5H3. The minimum atomic E-state index is 0.0543. The number of ether oxygens (including phenoxy) is 1. The molecule has 1 aromatic rings. The minimum absolute atomic E-state index is 0.0543. The molecule has 0 fully saturated rings. The third-order valence-electron chi connectivity index (χ3n) is 2.87. The van der Waals surface area contributed by atoms with Crippen LogP contribution in [0.4, 0.5) is 0 Å². The molecule has 0 saturated heterocycles. The summed E-state index contributed by atoms with van der Waals surface area (Å²) >= 11 is 0. The minimum Gasteiger partial charge on any atom is -0.376 e. The van der Waals surface area contributed by atoms with Gasteiger partial charge in [0.05, 0.1) is 12.1 Å². The summed E-state index contributed by atoms with van der Waals surface area (Å²) < 4.78 is 5.96. The molecule has 4 heteroatoms. The molecular weight excluding hydrogens is 226 g/mol. The number of nitrogens with zero attached hydrogens (tertiary/aromatic N) is 2. The summed E-state index contributed by atoms with van der Waals surface area (Å²) in [5.74, 6) is 0. The van der Waals surface area contributed by atoms with Crippen LogP contribution in [-0.2, 0) is 4.74 Å². The van der Waals surface area contributed by atoms with E-state index < -0.39 is 0 Å². The summed E-state index contributed by atoms with van der Waals surface area (Å²) in [4.78, 5) is 8.21. The number of likely N-dealkylation sites (N-methyl/N-ethyl adjacent to an activating group) is 1. The molecule has 0 bridgehead atoms. The van der Waals surface area contributed by atoms with E-state index in [0.29, 0.717) is 6.61 Å². The van der Waals surface area contributed by atoms with Crippen LogP contribution in [0.1, 0.15) is 46.2 Å². The first-order valence-corrected chi connectivity index (χ1v) is 6.60. The number of nitrogens with one attached hydrogen (secondary N) is 1. The van der Waals surface area contributed by atoms with Crippen LogP contribution in [0.3, 0.4) is 0 Å². The van der Waals surface area contributed by atoms with Crippen LogP contribution in [0.2, 0.25) is 0 Å². The van der Waals surface area contributed by atoms with Crippen LogP contribution in [0.15, 0.2) is 18.7 Å². The van der Waals surface area contributed by atoms with Crippen molar-refractivity contribution in [3.05, 3.63) is 24.3 Å². The second-order valence-corrected chi connectivity index (χ2v) is 5.45. The van der Waals surface area contributed by atoms with Gasteiger partial charge in [0.15, 0.2) is 0 Å². The second-order valence-electron chi connectivity index (χ2n) is 5.45. The van der Waals surface area contributed by atoms with Crippen molar-refractivity contribution in [3.8, 4) is 0 Å². The Balaban J connectivity index is 3.01. The van der Waals surface area contributed by atoms with E-state index in [1.165, 1.54) is 0 Å². The Morgan fingerprint density at radius 2 is 1.83 bits per heavy atom. The molecule has 1 rings (SSSR count). The lowest BCUT2D eigenvalue weighted by Crippen LogP contribution is -2.42. The van der Waals surface area contributed by atoms with Crippen LogP contribution < -0.4 is 5.32 Å². The normalized spacial score (nSPS) is 15.4. The van der Waals surface area contributed by atoms with Gasteiger partial charge in [0.1, 0.15) is 6.33 Å². The molecule has 0 amide bonds. The third-order valence-corrected chi connectivity index (χ3v) is 2.87. The lowest BCUT2D eigenvalue weighted by Gasteiger charge is -2.37. The van der Waals surface area contributed by atoms with Crippen molar-refractivity contribution >= 4 is 0 Å². The molecule has 1 heterocycles. The predicted octanol–water partition coefficient (Wildman–Crippen LogP) is 2.58. The highest BCUT2D eigenvalue weighted by Crippen LogP contribution is 2.32. The first-order chi connectivity index (χ1) is 8.50. The lowest BCUT2D eigenvalue weighted by molar-refractivity contribution is -0.0364.